The Morgan fingerprint density at radius 2 is 1.90 bits per heavy atom. The number of para-hydroxylation sites is 1. The van der Waals surface area contributed by atoms with Crippen LogP contribution in [-0.2, 0) is 4.79 Å². The summed E-state index contributed by atoms with van der Waals surface area (Å²) in [6, 6.07) is 12.1. The van der Waals surface area contributed by atoms with Crippen molar-refractivity contribution in [1.29, 1.82) is 0 Å². The van der Waals surface area contributed by atoms with Crippen molar-refractivity contribution in [2.24, 2.45) is 5.73 Å². The quantitative estimate of drug-likeness (QED) is 0.625. The SMILES string of the molecule is NCC(=O)O.c1c[nH]cn1.c1ccc2ncccc2c1. The number of H-pyrrole nitrogens is 1. The Morgan fingerprint density at radius 1 is 1.20 bits per heavy atom. The number of aromatic amines is 1. The topological polar surface area (TPSA) is 105 Å². The standard InChI is InChI=1S/C9H7N.C3H4N2.C2H5NO2/c1-2-6-9-8(4-1)5-3-7-10-9;1-2-5-3-4-1;3-1-2(4)5/h1-7H;1-3H,(H,4,5);1,3H2,(H,4,5). The summed E-state index contributed by atoms with van der Waals surface area (Å²) in [4.78, 5) is 19.8. The zero-order valence-electron chi connectivity index (χ0n) is 10.8. The average Bonchev–Trinajstić information content (AvgIpc) is 3.07. The molecule has 104 valence electrons. The van der Waals surface area contributed by atoms with Crippen LogP contribution in [0.15, 0.2) is 61.3 Å². The summed E-state index contributed by atoms with van der Waals surface area (Å²) in [5.41, 5.74) is 5.63. The number of aromatic nitrogens is 3. The molecule has 0 unspecified atom stereocenters. The molecule has 0 aliphatic heterocycles. The maximum absolute atomic E-state index is 9.24. The highest BCUT2D eigenvalue weighted by atomic mass is 16.4. The molecule has 4 N–H and O–H groups in total. The van der Waals surface area contributed by atoms with Crippen LogP contribution in [0.5, 0.6) is 0 Å². The third-order valence-electron chi connectivity index (χ3n) is 2.09. The Morgan fingerprint density at radius 3 is 2.40 bits per heavy atom. The number of aliphatic carboxylic acids is 1. The van der Waals surface area contributed by atoms with Gasteiger partial charge in [-0.1, -0.05) is 24.3 Å². The van der Waals surface area contributed by atoms with Gasteiger partial charge in [-0.15, -0.1) is 0 Å². The Labute approximate surface area is 116 Å². The van der Waals surface area contributed by atoms with Crippen molar-refractivity contribution >= 4 is 16.9 Å². The average molecular weight is 272 g/mol. The van der Waals surface area contributed by atoms with Crippen molar-refractivity contribution in [3.05, 3.63) is 61.3 Å². The number of nitrogens with zero attached hydrogens (tertiary/aromatic N) is 2. The minimum absolute atomic E-state index is 0.278. The van der Waals surface area contributed by atoms with E-state index in [-0.39, 0.29) is 6.54 Å². The van der Waals surface area contributed by atoms with E-state index in [1.54, 1.807) is 18.7 Å². The normalized spacial score (nSPS) is 8.85. The summed E-state index contributed by atoms with van der Waals surface area (Å²) in [6.45, 7) is -0.278. The molecule has 2 aromatic heterocycles. The van der Waals surface area contributed by atoms with Gasteiger partial charge in [-0.3, -0.25) is 9.78 Å². The molecule has 20 heavy (non-hydrogen) atoms. The van der Waals surface area contributed by atoms with E-state index in [1.807, 2.05) is 30.5 Å². The van der Waals surface area contributed by atoms with Gasteiger partial charge in [0.25, 0.3) is 0 Å². The lowest BCUT2D eigenvalue weighted by molar-refractivity contribution is -0.135. The number of fused-ring (bicyclic) bond motifs is 1. The molecule has 6 heteroatoms. The van der Waals surface area contributed by atoms with Gasteiger partial charge in [0.2, 0.25) is 0 Å². The monoisotopic (exact) mass is 272 g/mol. The number of benzene rings is 1. The van der Waals surface area contributed by atoms with Crippen LogP contribution in [0.3, 0.4) is 0 Å². The van der Waals surface area contributed by atoms with Gasteiger partial charge >= 0.3 is 5.97 Å². The van der Waals surface area contributed by atoms with Gasteiger partial charge in [-0.05, 0) is 12.1 Å². The zero-order valence-corrected chi connectivity index (χ0v) is 10.8. The Bertz CT molecular complexity index is 529. The minimum Gasteiger partial charge on any atom is -0.480 e. The van der Waals surface area contributed by atoms with Crippen molar-refractivity contribution in [1.82, 2.24) is 15.0 Å². The molecule has 0 saturated heterocycles. The fraction of sp³-hybridized carbons (Fsp3) is 0.0714. The van der Waals surface area contributed by atoms with E-state index < -0.39 is 5.97 Å². The van der Waals surface area contributed by atoms with Crippen LogP contribution >= 0.6 is 0 Å². The van der Waals surface area contributed by atoms with E-state index in [1.165, 1.54) is 5.39 Å². The van der Waals surface area contributed by atoms with Crippen LogP contribution in [0, 0.1) is 0 Å². The van der Waals surface area contributed by atoms with Gasteiger partial charge in [-0.25, -0.2) is 4.98 Å². The van der Waals surface area contributed by atoms with Crippen molar-refractivity contribution in [3.63, 3.8) is 0 Å². The van der Waals surface area contributed by atoms with Gasteiger partial charge in [0.1, 0.15) is 0 Å². The Balaban J connectivity index is 0.000000170. The highest BCUT2D eigenvalue weighted by Gasteiger charge is 1.86. The number of nitrogens with one attached hydrogen (secondary N) is 1. The molecule has 0 aliphatic rings. The number of hydrogen-bond donors (Lipinski definition) is 3. The molecule has 3 rings (SSSR count). The Kier molecular flexibility index (Phi) is 7.08. The largest absolute Gasteiger partial charge is 0.480 e. The first-order chi connectivity index (χ1) is 9.74. The molecular weight excluding hydrogens is 256 g/mol. The summed E-state index contributed by atoms with van der Waals surface area (Å²) < 4.78 is 0. The molecular formula is C14H16N4O2. The van der Waals surface area contributed by atoms with Crippen molar-refractivity contribution < 1.29 is 9.90 Å². The molecule has 1 aromatic carbocycles. The van der Waals surface area contributed by atoms with Gasteiger partial charge in [0, 0.05) is 24.0 Å². The van der Waals surface area contributed by atoms with Gasteiger partial charge in [-0.2, -0.15) is 0 Å². The van der Waals surface area contributed by atoms with Gasteiger partial charge in [0.15, 0.2) is 0 Å². The van der Waals surface area contributed by atoms with E-state index in [9.17, 15) is 4.79 Å². The third-order valence-corrected chi connectivity index (χ3v) is 2.09. The van der Waals surface area contributed by atoms with Gasteiger partial charge in [0.05, 0.1) is 18.4 Å². The molecule has 2 heterocycles. The fourth-order valence-corrected chi connectivity index (χ4v) is 1.23. The first-order valence-corrected chi connectivity index (χ1v) is 5.88. The predicted molar refractivity (Wildman–Crippen MR) is 77.0 cm³/mol. The second-order valence-electron chi connectivity index (χ2n) is 3.55. The van der Waals surface area contributed by atoms with Crippen LogP contribution in [0.2, 0.25) is 0 Å². The van der Waals surface area contributed by atoms with E-state index in [4.69, 9.17) is 5.11 Å². The second kappa shape index (κ2) is 9.23. The predicted octanol–water partition coefficient (Wildman–Crippen LogP) is 1.67. The van der Waals surface area contributed by atoms with Crippen LogP contribution < -0.4 is 5.73 Å². The Hall–Kier alpha value is -2.73. The smallest absolute Gasteiger partial charge is 0.317 e. The summed E-state index contributed by atoms with van der Waals surface area (Å²) >= 11 is 0. The number of pyridine rings is 1. The number of nitrogens with two attached hydrogens (primary N) is 1. The maximum atomic E-state index is 9.24. The van der Waals surface area contributed by atoms with Crippen molar-refractivity contribution in [2.75, 3.05) is 6.54 Å². The first-order valence-electron chi connectivity index (χ1n) is 5.88. The van der Waals surface area contributed by atoms with Crippen LogP contribution in [-0.4, -0.2) is 32.6 Å². The van der Waals surface area contributed by atoms with Gasteiger partial charge < -0.3 is 15.8 Å². The molecule has 0 bridgehead atoms. The molecule has 0 spiro atoms. The summed E-state index contributed by atoms with van der Waals surface area (Å²) in [6.07, 6.45) is 6.89. The highest BCUT2D eigenvalue weighted by molar-refractivity contribution is 5.77. The van der Waals surface area contributed by atoms with E-state index in [0.717, 1.165) is 5.52 Å². The third kappa shape index (κ3) is 6.27. The number of carbonyl (C=O) groups is 1. The lowest BCUT2D eigenvalue weighted by Crippen LogP contribution is -2.10. The molecule has 0 amide bonds. The van der Waals surface area contributed by atoms with Crippen LogP contribution in [0.25, 0.3) is 10.9 Å². The number of carboxylic acids is 1. The van der Waals surface area contributed by atoms with Crippen molar-refractivity contribution in [2.45, 2.75) is 0 Å². The minimum atomic E-state index is -0.968. The van der Waals surface area contributed by atoms with E-state index in [2.05, 4.69) is 32.8 Å². The lowest BCUT2D eigenvalue weighted by Gasteiger charge is -1.91. The zero-order chi connectivity index (χ0) is 14.6. The van der Waals surface area contributed by atoms with Crippen molar-refractivity contribution in [3.8, 4) is 0 Å². The molecule has 6 nitrogen and oxygen atoms in total. The summed E-state index contributed by atoms with van der Waals surface area (Å²) in [5.74, 6) is -0.968. The molecule has 0 saturated carbocycles. The number of hydrogen-bond acceptors (Lipinski definition) is 4. The number of imidazole rings is 1. The number of carboxylic acid groups (broad SMARTS) is 1. The van der Waals surface area contributed by atoms with E-state index in [0.29, 0.717) is 0 Å². The second-order valence-corrected chi connectivity index (χ2v) is 3.55. The first kappa shape index (κ1) is 15.3. The fourth-order valence-electron chi connectivity index (χ4n) is 1.23. The lowest BCUT2D eigenvalue weighted by atomic mass is 10.2. The maximum Gasteiger partial charge on any atom is 0.317 e. The van der Waals surface area contributed by atoms with Crippen LogP contribution in [0.4, 0.5) is 0 Å². The molecule has 3 aromatic rings. The van der Waals surface area contributed by atoms with Crippen LogP contribution in [0.1, 0.15) is 0 Å². The molecule has 0 fully saturated rings. The molecule has 0 aliphatic carbocycles. The number of rotatable bonds is 1. The van der Waals surface area contributed by atoms with E-state index >= 15 is 0 Å². The summed E-state index contributed by atoms with van der Waals surface area (Å²) in [5, 5.41) is 8.80. The molecule has 0 radical (unpaired) electrons. The molecule has 0 atom stereocenters. The summed E-state index contributed by atoms with van der Waals surface area (Å²) in [7, 11) is 0. The highest BCUT2D eigenvalue weighted by Crippen LogP contribution is 2.07.